The second-order valence-corrected chi connectivity index (χ2v) is 4.21. The summed E-state index contributed by atoms with van der Waals surface area (Å²) >= 11 is 0. The lowest BCUT2D eigenvalue weighted by Gasteiger charge is -2.18. The van der Waals surface area contributed by atoms with Crippen molar-refractivity contribution in [3.05, 3.63) is 0 Å². The smallest absolute Gasteiger partial charge is 0.387 e. The standard InChI is InChI=1S/C9H12F3N3O2/c10-9(11,12)5-14-7(16)6-3-8(17-15-6)1-2-13-4-8/h13H,1-5H2,(H,14,16)/t8-/m1/s1. The number of halogens is 3. The molecule has 2 aliphatic heterocycles. The van der Waals surface area contributed by atoms with Crippen molar-refractivity contribution in [3.8, 4) is 0 Å². The Morgan fingerprint density at radius 2 is 2.35 bits per heavy atom. The normalized spacial score (nSPS) is 28.1. The first-order valence-corrected chi connectivity index (χ1v) is 5.21. The summed E-state index contributed by atoms with van der Waals surface area (Å²) in [6.45, 7) is -0.0321. The first-order chi connectivity index (χ1) is 7.90. The average Bonchev–Trinajstić information content (AvgIpc) is 2.85. The third-order valence-electron chi connectivity index (χ3n) is 2.76. The van der Waals surface area contributed by atoms with Gasteiger partial charge in [-0.05, 0) is 6.54 Å². The van der Waals surface area contributed by atoms with E-state index in [-0.39, 0.29) is 12.1 Å². The first kappa shape index (κ1) is 12.2. The number of alkyl halides is 3. The van der Waals surface area contributed by atoms with Gasteiger partial charge in [0, 0.05) is 19.4 Å². The van der Waals surface area contributed by atoms with Crippen LogP contribution in [0.25, 0.3) is 0 Å². The van der Waals surface area contributed by atoms with E-state index in [0.717, 1.165) is 6.54 Å². The fourth-order valence-corrected chi connectivity index (χ4v) is 1.88. The van der Waals surface area contributed by atoms with Crippen LogP contribution < -0.4 is 10.6 Å². The highest BCUT2D eigenvalue weighted by molar-refractivity contribution is 6.39. The van der Waals surface area contributed by atoms with Crippen LogP contribution in [-0.2, 0) is 9.63 Å². The van der Waals surface area contributed by atoms with E-state index in [9.17, 15) is 18.0 Å². The maximum absolute atomic E-state index is 11.9. The molecular formula is C9H12F3N3O2. The number of rotatable bonds is 2. The number of hydrogen-bond acceptors (Lipinski definition) is 4. The van der Waals surface area contributed by atoms with E-state index in [0.29, 0.717) is 13.0 Å². The molecule has 2 N–H and O–H groups in total. The minimum atomic E-state index is -4.41. The molecule has 5 nitrogen and oxygen atoms in total. The van der Waals surface area contributed by atoms with Crippen LogP contribution in [0.5, 0.6) is 0 Å². The van der Waals surface area contributed by atoms with Crippen LogP contribution in [0.15, 0.2) is 5.16 Å². The predicted octanol–water partition coefficient (Wildman–Crippen LogP) is 0.173. The van der Waals surface area contributed by atoms with Crippen molar-refractivity contribution in [1.29, 1.82) is 0 Å². The zero-order valence-electron chi connectivity index (χ0n) is 8.93. The molecule has 0 aliphatic carbocycles. The van der Waals surface area contributed by atoms with E-state index in [2.05, 4.69) is 10.5 Å². The summed E-state index contributed by atoms with van der Waals surface area (Å²) in [5, 5.41) is 8.41. The molecule has 0 aromatic rings. The number of amides is 1. The molecule has 96 valence electrons. The van der Waals surface area contributed by atoms with Crippen LogP contribution in [-0.4, -0.2) is 43.0 Å². The lowest BCUT2D eigenvalue weighted by atomic mass is 9.96. The van der Waals surface area contributed by atoms with E-state index in [1.807, 2.05) is 0 Å². The van der Waals surface area contributed by atoms with Gasteiger partial charge in [-0.15, -0.1) is 0 Å². The molecule has 0 bridgehead atoms. The maximum Gasteiger partial charge on any atom is 0.405 e. The molecule has 2 rings (SSSR count). The Morgan fingerprint density at radius 3 is 2.94 bits per heavy atom. The lowest BCUT2D eigenvalue weighted by molar-refractivity contribution is -0.134. The third kappa shape index (κ3) is 2.87. The van der Waals surface area contributed by atoms with Gasteiger partial charge in [0.05, 0.1) is 0 Å². The Kier molecular flexibility index (Phi) is 2.98. The maximum atomic E-state index is 11.9. The van der Waals surface area contributed by atoms with Gasteiger partial charge in [0.15, 0.2) is 5.60 Å². The largest absolute Gasteiger partial charge is 0.405 e. The number of carbonyl (C=O) groups is 1. The second-order valence-electron chi connectivity index (χ2n) is 4.21. The Bertz CT molecular complexity index is 348. The topological polar surface area (TPSA) is 62.7 Å². The van der Waals surface area contributed by atoms with Crippen molar-refractivity contribution in [1.82, 2.24) is 10.6 Å². The molecule has 0 saturated carbocycles. The molecule has 0 aromatic carbocycles. The van der Waals surface area contributed by atoms with E-state index in [1.165, 1.54) is 0 Å². The molecule has 1 atom stereocenters. The number of hydrogen-bond donors (Lipinski definition) is 2. The Labute approximate surface area is 95.4 Å². The number of oxime groups is 1. The SMILES string of the molecule is O=C(NCC(F)(F)F)C1=NO[C@]2(CCNC2)C1. The molecule has 1 spiro atoms. The minimum absolute atomic E-state index is 0.0259. The number of nitrogens with one attached hydrogen (secondary N) is 2. The highest BCUT2D eigenvalue weighted by atomic mass is 19.4. The van der Waals surface area contributed by atoms with Gasteiger partial charge in [-0.2, -0.15) is 13.2 Å². The van der Waals surface area contributed by atoms with Gasteiger partial charge in [0.2, 0.25) is 0 Å². The molecule has 1 amide bonds. The predicted molar refractivity (Wildman–Crippen MR) is 52.4 cm³/mol. The van der Waals surface area contributed by atoms with Crippen molar-refractivity contribution >= 4 is 11.6 Å². The summed E-state index contributed by atoms with van der Waals surface area (Å²) in [7, 11) is 0. The quantitative estimate of drug-likeness (QED) is 0.735. The van der Waals surface area contributed by atoms with E-state index in [4.69, 9.17) is 4.84 Å². The molecular weight excluding hydrogens is 239 g/mol. The van der Waals surface area contributed by atoms with Crippen molar-refractivity contribution in [2.75, 3.05) is 19.6 Å². The van der Waals surface area contributed by atoms with E-state index in [1.54, 1.807) is 5.32 Å². The molecule has 17 heavy (non-hydrogen) atoms. The molecule has 1 saturated heterocycles. The molecule has 2 heterocycles. The Balaban J connectivity index is 1.85. The first-order valence-electron chi connectivity index (χ1n) is 5.21. The Morgan fingerprint density at radius 1 is 1.59 bits per heavy atom. The van der Waals surface area contributed by atoms with Crippen molar-refractivity contribution < 1.29 is 22.8 Å². The van der Waals surface area contributed by atoms with Gasteiger partial charge < -0.3 is 15.5 Å². The third-order valence-corrected chi connectivity index (χ3v) is 2.76. The monoisotopic (exact) mass is 251 g/mol. The fourth-order valence-electron chi connectivity index (χ4n) is 1.88. The summed E-state index contributed by atoms with van der Waals surface area (Å²) in [5.74, 6) is -0.814. The molecule has 0 aromatic heterocycles. The van der Waals surface area contributed by atoms with Crippen LogP contribution in [0.4, 0.5) is 13.2 Å². The highest BCUT2D eigenvalue weighted by Gasteiger charge is 2.44. The average molecular weight is 251 g/mol. The zero-order valence-corrected chi connectivity index (χ0v) is 8.93. The lowest BCUT2D eigenvalue weighted by Crippen LogP contribution is -2.39. The summed E-state index contributed by atoms with van der Waals surface area (Å²) in [4.78, 5) is 16.5. The van der Waals surface area contributed by atoms with Crippen LogP contribution in [0.1, 0.15) is 12.8 Å². The van der Waals surface area contributed by atoms with Crippen molar-refractivity contribution in [2.45, 2.75) is 24.6 Å². The molecule has 1 fully saturated rings. The zero-order chi connectivity index (χ0) is 12.5. The van der Waals surface area contributed by atoms with Gasteiger partial charge in [-0.3, -0.25) is 4.79 Å². The molecule has 8 heteroatoms. The van der Waals surface area contributed by atoms with Crippen molar-refractivity contribution in [2.24, 2.45) is 5.16 Å². The molecule has 0 unspecified atom stereocenters. The van der Waals surface area contributed by atoms with Crippen LogP contribution in [0.2, 0.25) is 0 Å². The highest BCUT2D eigenvalue weighted by Crippen LogP contribution is 2.29. The summed E-state index contributed by atoms with van der Waals surface area (Å²) in [6.07, 6.45) is -3.46. The van der Waals surface area contributed by atoms with Crippen molar-refractivity contribution in [3.63, 3.8) is 0 Å². The summed E-state index contributed by atoms with van der Waals surface area (Å²) in [5.41, 5.74) is -0.511. The molecule has 0 radical (unpaired) electrons. The minimum Gasteiger partial charge on any atom is -0.387 e. The van der Waals surface area contributed by atoms with Crippen LogP contribution in [0, 0.1) is 0 Å². The number of carbonyl (C=O) groups excluding carboxylic acids is 1. The van der Waals surface area contributed by atoms with Gasteiger partial charge in [0.25, 0.3) is 5.91 Å². The van der Waals surface area contributed by atoms with Gasteiger partial charge in [-0.25, -0.2) is 0 Å². The van der Waals surface area contributed by atoms with Gasteiger partial charge in [-0.1, -0.05) is 5.16 Å². The summed E-state index contributed by atoms with van der Waals surface area (Å²) in [6, 6.07) is 0. The van der Waals surface area contributed by atoms with E-state index < -0.39 is 24.2 Å². The van der Waals surface area contributed by atoms with Gasteiger partial charge in [0.1, 0.15) is 12.3 Å². The Hall–Kier alpha value is -1.31. The summed E-state index contributed by atoms with van der Waals surface area (Å²) < 4.78 is 35.7. The fraction of sp³-hybridized carbons (Fsp3) is 0.778. The number of nitrogens with zero attached hydrogens (tertiary/aromatic N) is 1. The van der Waals surface area contributed by atoms with E-state index >= 15 is 0 Å². The second kappa shape index (κ2) is 4.17. The van der Waals surface area contributed by atoms with Crippen LogP contribution >= 0.6 is 0 Å². The molecule has 2 aliphatic rings. The van der Waals surface area contributed by atoms with Crippen LogP contribution in [0.3, 0.4) is 0 Å². The van der Waals surface area contributed by atoms with Gasteiger partial charge >= 0.3 is 6.18 Å².